The fourth-order valence-corrected chi connectivity index (χ4v) is 4.95. The average Bonchev–Trinajstić information content (AvgIpc) is 3.54. The molecule has 190 valence electrons. The van der Waals surface area contributed by atoms with Crippen LogP contribution in [-0.4, -0.2) is 63.8 Å². The number of anilines is 3. The van der Waals surface area contributed by atoms with Gasteiger partial charge < -0.3 is 25.0 Å². The van der Waals surface area contributed by atoms with Crippen molar-refractivity contribution in [1.82, 2.24) is 24.7 Å². The van der Waals surface area contributed by atoms with Crippen LogP contribution in [0.15, 0.2) is 55.2 Å². The Morgan fingerprint density at radius 1 is 1.16 bits per heavy atom. The molecule has 1 fully saturated rings. The van der Waals surface area contributed by atoms with Gasteiger partial charge in [0.15, 0.2) is 5.65 Å². The number of benzene rings is 1. The van der Waals surface area contributed by atoms with Crippen molar-refractivity contribution in [3.63, 3.8) is 0 Å². The number of hydrogen-bond donors (Lipinski definition) is 2. The van der Waals surface area contributed by atoms with Crippen LogP contribution in [0, 0.1) is 0 Å². The summed E-state index contributed by atoms with van der Waals surface area (Å²) in [6.45, 7) is 6.69. The molecule has 0 spiro atoms. The van der Waals surface area contributed by atoms with E-state index in [0.29, 0.717) is 24.5 Å². The highest BCUT2D eigenvalue weighted by atomic mass is 16.5. The third kappa shape index (κ3) is 4.17. The van der Waals surface area contributed by atoms with Crippen LogP contribution >= 0.6 is 0 Å². The smallest absolute Gasteiger partial charge is 0.254 e. The molecule has 1 unspecified atom stereocenters. The van der Waals surface area contributed by atoms with E-state index in [0.717, 1.165) is 46.9 Å². The van der Waals surface area contributed by atoms with Crippen LogP contribution in [0.2, 0.25) is 0 Å². The first-order valence-corrected chi connectivity index (χ1v) is 12.3. The van der Waals surface area contributed by atoms with Crippen molar-refractivity contribution < 1.29 is 14.3 Å². The molecule has 0 saturated carbocycles. The first kappa shape index (κ1) is 23.4. The van der Waals surface area contributed by atoms with Gasteiger partial charge in [0, 0.05) is 44.7 Å². The normalized spacial score (nSPS) is 17.6. The van der Waals surface area contributed by atoms with Crippen molar-refractivity contribution in [3.8, 4) is 11.3 Å². The first-order valence-electron chi connectivity index (χ1n) is 12.3. The van der Waals surface area contributed by atoms with E-state index in [-0.39, 0.29) is 17.6 Å². The molecule has 2 aliphatic rings. The lowest BCUT2D eigenvalue weighted by Gasteiger charge is -2.41. The van der Waals surface area contributed by atoms with Crippen LogP contribution < -0.4 is 15.5 Å². The van der Waals surface area contributed by atoms with Crippen molar-refractivity contribution in [2.24, 2.45) is 0 Å². The van der Waals surface area contributed by atoms with Gasteiger partial charge in [-0.05, 0) is 37.6 Å². The number of rotatable bonds is 6. The maximum atomic E-state index is 12.8. The van der Waals surface area contributed by atoms with Crippen molar-refractivity contribution in [1.29, 1.82) is 0 Å². The number of nitrogens with zero attached hydrogens (tertiary/aromatic N) is 5. The minimum absolute atomic E-state index is 0.0344. The number of hydrogen-bond acceptors (Lipinski definition) is 8. The quantitative estimate of drug-likeness (QED) is 0.416. The van der Waals surface area contributed by atoms with Gasteiger partial charge >= 0.3 is 0 Å². The predicted octanol–water partition coefficient (Wildman–Crippen LogP) is 3.41. The number of morpholine rings is 1. The number of fused-ring (bicyclic) bond motifs is 2. The highest BCUT2D eigenvalue weighted by Gasteiger charge is 2.34. The molecule has 0 bridgehead atoms. The van der Waals surface area contributed by atoms with Gasteiger partial charge in [0.1, 0.15) is 11.9 Å². The van der Waals surface area contributed by atoms with Gasteiger partial charge in [-0.1, -0.05) is 6.07 Å². The molecule has 3 aromatic heterocycles. The zero-order valence-electron chi connectivity index (χ0n) is 21.1. The number of pyridine rings is 1. The summed E-state index contributed by atoms with van der Waals surface area (Å²) in [6, 6.07) is 7.92. The Morgan fingerprint density at radius 3 is 2.86 bits per heavy atom. The van der Waals surface area contributed by atoms with Gasteiger partial charge in [0.25, 0.3) is 5.91 Å². The number of ether oxygens (including phenoxy) is 2. The number of aromatic nitrogens is 4. The van der Waals surface area contributed by atoms with E-state index < -0.39 is 0 Å². The Balaban J connectivity index is 1.25. The maximum absolute atomic E-state index is 12.8. The molecule has 6 rings (SSSR count). The van der Waals surface area contributed by atoms with Crippen LogP contribution in [0.4, 0.5) is 17.2 Å². The molecule has 1 saturated heterocycles. The zero-order chi connectivity index (χ0) is 25.6. The molecule has 0 radical (unpaired) electrons. The summed E-state index contributed by atoms with van der Waals surface area (Å²) >= 11 is 0. The zero-order valence-corrected chi connectivity index (χ0v) is 21.1. The second-order valence-corrected chi connectivity index (χ2v) is 9.78. The summed E-state index contributed by atoms with van der Waals surface area (Å²) in [5.41, 5.74) is 5.56. The molecular formula is C27H29N7O3. The largest absolute Gasteiger partial charge is 0.376 e. The third-order valence-corrected chi connectivity index (χ3v) is 7.30. The number of amides is 1. The molecule has 1 atom stereocenters. The summed E-state index contributed by atoms with van der Waals surface area (Å²) in [7, 11) is 1.71. The van der Waals surface area contributed by atoms with E-state index in [2.05, 4.69) is 30.5 Å². The molecule has 37 heavy (non-hydrogen) atoms. The number of nitrogens with one attached hydrogen (secondary N) is 2. The van der Waals surface area contributed by atoms with Gasteiger partial charge in [-0.25, -0.2) is 9.97 Å². The summed E-state index contributed by atoms with van der Waals surface area (Å²) in [5.74, 6) is 0.563. The van der Waals surface area contributed by atoms with Crippen LogP contribution in [0.3, 0.4) is 0 Å². The van der Waals surface area contributed by atoms with Crippen molar-refractivity contribution in [2.45, 2.75) is 32.1 Å². The van der Waals surface area contributed by atoms with Crippen molar-refractivity contribution >= 4 is 28.7 Å². The Morgan fingerprint density at radius 2 is 2.05 bits per heavy atom. The molecule has 10 heteroatoms. The van der Waals surface area contributed by atoms with Gasteiger partial charge in [-0.2, -0.15) is 0 Å². The Bertz CT molecular complexity index is 1460. The average molecular weight is 500 g/mol. The molecule has 2 N–H and O–H groups in total. The van der Waals surface area contributed by atoms with Crippen LogP contribution in [0.1, 0.15) is 29.8 Å². The third-order valence-electron chi connectivity index (χ3n) is 7.30. The van der Waals surface area contributed by atoms with E-state index in [9.17, 15) is 4.79 Å². The molecule has 4 aromatic rings. The lowest BCUT2D eigenvalue weighted by Crippen LogP contribution is -2.52. The molecule has 10 nitrogen and oxygen atoms in total. The van der Waals surface area contributed by atoms with Gasteiger partial charge in [0.2, 0.25) is 0 Å². The lowest BCUT2D eigenvalue weighted by atomic mass is 9.99. The number of imidazole rings is 1. The van der Waals surface area contributed by atoms with Gasteiger partial charge in [0.05, 0.1) is 53.4 Å². The second-order valence-electron chi connectivity index (χ2n) is 9.78. The Labute approximate surface area is 214 Å². The van der Waals surface area contributed by atoms with Crippen LogP contribution in [0.25, 0.3) is 16.9 Å². The molecule has 1 aromatic carbocycles. The Hall–Kier alpha value is -4.02. The van der Waals surface area contributed by atoms with Crippen LogP contribution in [-0.2, 0) is 16.0 Å². The summed E-state index contributed by atoms with van der Waals surface area (Å²) in [5, 5.41) is 6.31. The van der Waals surface area contributed by atoms with Gasteiger partial charge in [-0.15, -0.1) is 0 Å². The Kier molecular flexibility index (Phi) is 5.77. The fraction of sp³-hybridized carbons (Fsp3) is 0.333. The number of methoxy groups -OCH3 is 1. The summed E-state index contributed by atoms with van der Waals surface area (Å²) < 4.78 is 13.6. The molecular weight excluding hydrogens is 470 g/mol. The monoisotopic (exact) mass is 499 g/mol. The standard InChI is InChI=1S/C27H29N7O3/c1-27(2,36-3)22-16-33(10-11-37-22)17-4-7-23(29-12-17)32-20-6-5-18(19-13-31-26(35)25(19)20)21-14-30-24-15-28-8-9-34(21)24/h4-9,12,14-15,22H,10-11,13,16H2,1-3H3,(H,29,32)(H,31,35). The van der Waals surface area contributed by atoms with Crippen molar-refractivity contribution in [2.75, 3.05) is 37.0 Å². The topological polar surface area (TPSA) is 106 Å². The molecule has 5 heterocycles. The molecule has 2 aliphatic heterocycles. The minimum atomic E-state index is -0.374. The van der Waals surface area contributed by atoms with E-state index in [4.69, 9.17) is 9.47 Å². The predicted molar refractivity (Wildman–Crippen MR) is 140 cm³/mol. The maximum Gasteiger partial charge on any atom is 0.254 e. The minimum Gasteiger partial charge on any atom is -0.376 e. The van der Waals surface area contributed by atoms with E-state index in [1.54, 1.807) is 19.5 Å². The highest BCUT2D eigenvalue weighted by Crippen LogP contribution is 2.35. The second kappa shape index (κ2) is 9.13. The number of carbonyl (C=O) groups excluding carboxylic acids is 1. The van der Waals surface area contributed by atoms with Crippen molar-refractivity contribution in [3.05, 3.63) is 66.4 Å². The van der Waals surface area contributed by atoms with E-state index in [1.807, 2.05) is 61.1 Å². The number of carbonyl (C=O) groups is 1. The molecule has 0 aliphatic carbocycles. The SMILES string of the molecule is COC(C)(C)C1CN(c2ccc(Nc3ccc(-c4cnc5cnccn45)c4c3C(=O)NC4)nc2)CCO1. The lowest BCUT2D eigenvalue weighted by molar-refractivity contribution is -0.113. The van der Waals surface area contributed by atoms with E-state index >= 15 is 0 Å². The van der Waals surface area contributed by atoms with E-state index in [1.165, 1.54) is 0 Å². The highest BCUT2D eigenvalue weighted by molar-refractivity contribution is 6.06. The fourth-order valence-electron chi connectivity index (χ4n) is 4.95. The first-order chi connectivity index (χ1) is 17.9. The van der Waals surface area contributed by atoms with Crippen LogP contribution in [0.5, 0.6) is 0 Å². The summed E-state index contributed by atoms with van der Waals surface area (Å²) in [4.78, 5) is 28.3. The van der Waals surface area contributed by atoms with Gasteiger partial charge in [-0.3, -0.25) is 14.2 Å². The summed E-state index contributed by atoms with van der Waals surface area (Å²) in [6.07, 6.45) is 8.95. The molecule has 1 amide bonds.